The van der Waals surface area contributed by atoms with Crippen LogP contribution in [0.3, 0.4) is 0 Å². The van der Waals surface area contributed by atoms with Gasteiger partial charge in [-0.1, -0.05) is 13.8 Å². The van der Waals surface area contributed by atoms with Gasteiger partial charge in [-0.05, 0) is 18.1 Å². The van der Waals surface area contributed by atoms with Gasteiger partial charge in [-0.3, -0.25) is 0 Å². The van der Waals surface area contributed by atoms with E-state index in [4.69, 9.17) is 10.2 Å². The van der Waals surface area contributed by atoms with Crippen LogP contribution < -0.4 is 5.32 Å². The van der Waals surface area contributed by atoms with Crippen molar-refractivity contribution in [2.45, 2.75) is 19.9 Å². The number of halogens is 2. The highest BCUT2D eigenvalue weighted by Crippen LogP contribution is 2.23. The molecular weight excluding hydrogens is 244 g/mol. The molecule has 6 heteroatoms. The molecule has 0 aliphatic heterocycles. The molecule has 0 heterocycles. The average molecular weight is 259 g/mol. The lowest BCUT2D eigenvalue weighted by Gasteiger charge is -2.22. The quantitative estimate of drug-likeness (QED) is 0.757. The maximum absolute atomic E-state index is 13.6. The van der Waals surface area contributed by atoms with Gasteiger partial charge >= 0.3 is 5.97 Å². The predicted octanol–water partition coefficient (Wildman–Crippen LogP) is 2.09. The third-order valence-corrected chi connectivity index (χ3v) is 2.62. The Balaban J connectivity index is 3.07. The Kier molecular flexibility index (Phi) is 4.61. The predicted molar refractivity (Wildman–Crippen MR) is 62.7 cm³/mol. The number of hydrogen-bond acceptors (Lipinski definition) is 3. The molecule has 1 aromatic carbocycles. The van der Waals surface area contributed by atoms with Crippen LogP contribution in [0, 0.1) is 17.6 Å². The minimum absolute atomic E-state index is 0.0343. The zero-order valence-electron chi connectivity index (χ0n) is 10.1. The van der Waals surface area contributed by atoms with Gasteiger partial charge in [0.15, 0.2) is 0 Å². The highest BCUT2D eigenvalue weighted by atomic mass is 19.1. The molecule has 4 nitrogen and oxygen atoms in total. The summed E-state index contributed by atoms with van der Waals surface area (Å²) in [6.45, 7) is 3.29. The first-order valence-corrected chi connectivity index (χ1v) is 5.46. The van der Waals surface area contributed by atoms with Gasteiger partial charge in [0.25, 0.3) is 0 Å². The fraction of sp³-hybridized carbons (Fsp3) is 0.417. The lowest BCUT2D eigenvalue weighted by Crippen LogP contribution is -2.30. The summed E-state index contributed by atoms with van der Waals surface area (Å²) in [5.41, 5.74) is -0.881. The molecule has 0 aliphatic carbocycles. The van der Waals surface area contributed by atoms with E-state index in [0.29, 0.717) is 0 Å². The number of nitrogens with one attached hydrogen (secondary N) is 1. The Morgan fingerprint density at radius 1 is 1.33 bits per heavy atom. The molecule has 0 amide bonds. The van der Waals surface area contributed by atoms with Crippen molar-refractivity contribution in [2.24, 2.45) is 5.92 Å². The number of aliphatic hydroxyl groups excluding tert-OH is 1. The van der Waals surface area contributed by atoms with E-state index in [1.807, 2.05) is 0 Å². The van der Waals surface area contributed by atoms with Crippen LogP contribution in [0.5, 0.6) is 0 Å². The largest absolute Gasteiger partial charge is 0.478 e. The van der Waals surface area contributed by atoms with Crippen molar-refractivity contribution in [3.63, 3.8) is 0 Å². The van der Waals surface area contributed by atoms with Crippen LogP contribution in [0.15, 0.2) is 12.1 Å². The number of carboxylic acids is 1. The third kappa shape index (κ3) is 3.16. The van der Waals surface area contributed by atoms with Crippen molar-refractivity contribution in [3.8, 4) is 0 Å². The van der Waals surface area contributed by atoms with Crippen LogP contribution in [-0.4, -0.2) is 28.8 Å². The van der Waals surface area contributed by atoms with Crippen LogP contribution in [0.25, 0.3) is 0 Å². The van der Waals surface area contributed by atoms with Crippen molar-refractivity contribution in [1.82, 2.24) is 0 Å². The fourth-order valence-corrected chi connectivity index (χ4v) is 1.44. The minimum Gasteiger partial charge on any atom is -0.478 e. The number of carbonyl (C=O) groups is 1. The van der Waals surface area contributed by atoms with Crippen LogP contribution in [0.2, 0.25) is 0 Å². The van der Waals surface area contributed by atoms with Crippen molar-refractivity contribution in [3.05, 3.63) is 29.3 Å². The summed E-state index contributed by atoms with van der Waals surface area (Å²) in [5.74, 6) is -3.42. The number of benzene rings is 1. The van der Waals surface area contributed by atoms with Crippen LogP contribution in [0.4, 0.5) is 14.5 Å². The van der Waals surface area contributed by atoms with Gasteiger partial charge in [0.05, 0.1) is 18.2 Å². The van der Waals surface area contributed by atoms with Crippen molar-refractivity contribution in [2.75, 3.05) is 11.9 Å². The molecule has 18 heavy (non-hydrogen) atoms. The van der Waals surface area contributed by atoms with Crippen LogP contribution in [0.1, 0.15) is 24.2 Å². The van der Waals surface area contributed by atoms with E-state index in [1.165, 1.54) is 0 Å². The van der Waals surface area contributed by atoms with E-state index in [2.05, 4.69) is 5.32 Å². The molecule has 1 rings (SSSR count). The molecule has 1 aromatic rings. The SMILES string of the molecule is CC(C)[C@@H](CO)Nc1c(F)cc(C(=O)O)cc1F. The molecule has 3 N–H and O–H groups in total. The molecule has 0 unspecified atom stereocenters. The summed E-state index contributed by atoms with van der Waals surface area (Å²) in [6, 6.07) is 0.968. The topological polar surface area (TPSA) is 69.6 Å². The smallest absolute Gasteiger partial charge is 0.335 e. The Bertz CT molecular complexity index is 426. The maximum Gasteiger partial charge on any atom is 0.335 e. The summed E-state index contributed by atoms with van der Waals surface area (Å²) in [5, 5.41) is 20.3. The van der Waals surface area contributed by atoms with Gasteiger partial charge in [0, 0.05) is 0 Å². The summed E-state index contributed by atoms with van der Waals surface area (Å²) < 4.78 is 27.2. The Hall–Kier alpha value is -1.69. The molecule has 0 aliphatic rings. The summed E-state index contributed by atoms with van der Waals surface area (Å²) in [4.78, 5) is 10.6. The van der Waals surface area contributed by atoms with Crippen LogP contribution >= 0.6 is 0 Å². The van der Waals surface area contributed by atoms with E-state index in [1.54, 1.807) is 13.8 Å². The van der Waals surface area contributed by atoms with Crippen molar-refractivity contribution >= 4 is 11.7 Å². The molecular formula is C12H15F2NO3. The number of aliphatic hydroxyl groups is 1. The van der Waals surface area contributed by atoms with Gasteiger partial charge in [0.2, 0.25) is 0 Å². The Morgan fingerprint density at radius 3 is 2.17 bits per heavy atom. The van der Waals surface area contributed by atoms with Crippen molar-refractivity contribution < 1.29 is 23.8 Å². The first-order valence-electron chi connectivity index (χ1n) is 5.46. The zero-order chi connectivity index (χ0) is 13.9. The van der Waals surface area contributed by atoms with Gasteiger partial charge in [-0.2, -0.15) is 0 Å². The first kappa shape index (κ1) is 14.4. The summed E-state index contributed by atoms with van der Waals surface area (Å²) in [6.07, 6.45) is 0. The number of rotatable bonds is 5. The lowest BCUT2D eigenvalue weighted by molar-refractivity contribution is 0.0695. The standard InChI is InChI=1S/C12H15F2NO3/c1-6(2)10(5-16)15-11-8(13)3-7(12(17)18)4-9(11)14/h3-4,6,10,15-16H,5H2,1-2H3,(H,17,18)/t10-/m1/s1. The monoisotopic (exact) mass is 259 g/mol. The lowest BCUT2D eigenvalue weighted by atomic mass is 10.0. The van der Waals surface area contributed by atoms with E-state index in [9.17, 15) is 13.6 Å². The van der Waals surface area contributed by atoms with Crippen LogP contribution in [-0.2, 0) is 0 Å². The normalized spacial score (nSPS) is 12.6. The molecule has 0 radical (unpaired) electrons. The second-order valence-electron chi connectivity index (χ2n) is 4.30. The molecule has 0 bridgehead atoms. The van der Waals surface area contributed by atoms with Gasteiger partial charge in [-0.25, -0.2) is 13.6 Å². The Morgan fingerprint density at radius 2 is 1.83 bits per heavy atom. The zero-order valence-corrected chi connectivity index (χ0v) is 10.1. The minimum atomic E-state index is -1.40. The van der Waals surface area contributed by atoms with Gasteiger partial charge < -0.3 is 15.5 Å². The second-order valence-corrected chi connectivity index (χ2v) is 4.30. The Labute approximate surface area is 103 Å². The molecule has 0 saturated carbocycles. The average Bonchev–Trinajstić information content (AvgIpc) is 2.27. The third-order valence-electron chi connectivity index (χ3n) is 2.62. The maximum atomic E-state index is 13.6. The van der Waals surface area contributed by atoms with E-state index in [0.717, 1.165) is 12.1 Å². The molecule has 0 aromatic heterocycles. The van der Waals surface area contributed by atoms with E-state index < -0.39 is 34.9 Å². The van der Waals surface area contributed by atoms with Crippen molar-refractivity contribution in [1.29, 1.82) is 0 Å². The number of carboxylic acid groups (broad SMARTS) is 1. The summed E-state index contributed by atoms with van der Waals surface area (Å²) >= 11 is 0. The number of anilines is 1. The van der Waals surface area contributed by atoms with Gasteiger partial charge in [-0.15, -0.1) is 0 Å². The van der Waals surface area contributed by atoms with E-state index in [-0.39, 0.29) is 12.5 Å². The highest BCUT2D eigenvalue weighted by molar-refractivity contribution is 5.88. The molecule has 0 fully saturated rings. The molecule has 1 atom stereocenters. The fourth-order valence-electron chi connectivity index (χ4n) is 1.44. The van der Waals surface area contributed by atoms with E-state index >= 15 is 0 Å². The number of aromatic carboxylic acids is 1. The second kappa shape index (κ2) is 5.77. The summed E-state index contributed by atoms with van der Waals surface area (Å²) in [7, 11) is 0. The van der Waals surface area contributed by atoms with Gasteiger partial charge in [0.1, 0.15) is 17.3 Å². The highest BCUT2D eigenvalue weighted by Gasteiger charge is 2.19. The first-order chi connectivity index (χ1) is 8.36. The molecule has 100 valence electrons. The molecule has 0 saturated heterocycles. The molecule has 0 spiro atoms. The number of hydrogen-bond donors (Lipinski definition) is 3.